The van der Waals surface area contributed by atoms with E-state index in [2.05, 4.69) is 144 Å². The van der Waals surface area contributed by atoms with Gasteiger partial charge in [-0.05, 0) is 70.8 Å². The Morgan fingerprint density at radius 2 is 0.897 bits per heavy atom. The van der Waals surface area contributed by atoms with Gasteiger partial charge < -0.3 is 9.64 Å². The summed E-state index contributed by atoms with van der Waals surface area (Å²) >= 11 is 1.76. The van der Waals surface area contributed by atoms with Gasteiger partial charge in [0.25, 0.3) is 0 Å². The quantitative estimate of drug-likeness (QED) is 0.224. The predicted octanol–water partition coefficient (Wildman–Crippen LogP) is 10.7. The molecule has 0 atom stereocenters. The third kappa shape index (κ3) is 4.58. The van der Waals surface area contributed by atoms with Crippen LogP contribution in [0.1, 0.15) is 0 Å². The molecule has 0 fully saturated rings. The molecule has 7 rings (SSSR count). The molecule has 3 heteroatoms. The van der Waals surface area contributed by atoms with Gasteiger partial charge in [0, 0.05) is 11.4 Å². The standard InChI is InChI=1S/C36H25NOS/c1-3-10-26(11-4-1)28-18-22-30(23-19-28)37(31-24-20-29(21-25-31)27-12-5-2-6-13-27)32-14-9-16-34-36(32)39-35-17-8-7-15-33(35)38-34/h1-25H. The zero-order valence-corrected chi connectivity index (χ0v) is 22.0. The van der Waals surface area contributed by atoms with Crippen LogP contribution >= 0.6 is 11.8 Å². The van der Waals surface area contributed by atoms with Gasteiger partial charge in [0.1, 0.15) is 11.5 Å². The highest BCUT2D eigenvalue weighted by Crippen LogP contribution is 2.53. The SMILES string of the molecule is c1ccc(-c2ccc(N(c3ccc(-c4ccccc4)cc3)c3cccc4c3Sc3ccccc3O4)cc2)cc1. The Morgan fingerprint density at radius 3 is 1.49 bits per heavy atom. The molecule has 6 aromatic carbocycles. The average Bonchev–Trinajstić information content (AvgIpc) is 3.02. The van der Waals surface area contributed by atoms with Crippen LogP contribution in [0.5, 0.6) is 11.5 Å². The molecular weight excluding hydrogens is 494 g/mol. The molecule has 1 aliphatic rings. The van der Waals surface area contributed by atoms with Gasteiger partial charge in [-0.2, -0.15) is 0 Å². The van der Waals surface area contributed by atoms with Crippen LogP contribution < -0.4 is 9.64 Å². The number of rotatable bonds is 5. The van der Waals surface area contributed by atoms with Gasteiger partial charge in [0.2, 0.25) is 0 Å². The van der Waals surface area contributed by atoms with Crippen LogP contribution in [0.4, 0.5) is 17.1 Å². The fraction of sp³-hybridized carbons (Fsp3) is 0. The van der Waals surface area contributed by atoms with Crippen molar-refractivity contribution in [1.82, 2.24) is 0 Å². The fourth-order valence-electron chi connectivity index (χ4n) is 5.00. The zero-order chi connectivity index (χ0) is 26.0. The summed E-state index contributed by atoms with van der Waals surface area (Å²) < 4.78 is 6.35. The molecule has 0 N–H and O–H groups in total. The number of para-hydroxylation sites is 1. The van der Waals surface area contributed by atoms with E-state index in [9.17, 15) is 0 Å². The van der Waals surface area contributed by atoms with E-state index < -0.39 is 0 Å². The summed E-state index contributed by atoms with van der Waals surface area (Å²) in [6.07, 6.45) is 0. The molecule has 0 bridgehead atoms. The van der Waals surface area contributed by atoms with Crippen molar-refractivity contribution in [1.29, 1.82) is 0 Å². The number of benzene rings is 6. The maximum Gasteiger partial charge on any atom is 0.143 e. The van der Waals surface area contributed by atoms with Crippen molar-refractivity contribution >= 4 is 28.8 Å². The van der Waals surface area contributed by atoms with Crippen LogP contribution in [0, 0.1) is 0 Å². The van der Waals surface area contributed by atoms with Gasteiger partial charge in [-0.25, -0.2) is 0 Å². The first-order valence-electron chi connectivity index (χ1n) is 13.0. The molecule has 0 spiro atoms. The van der Waals surface area contributed by atoms with Gasteiger partial charge in [0.05, 0.1) is 15.5 Å². The van der Waals surface area contributed by atoms with Crippen molar-refractivity contribution in [2.45, 2.75) is 9.79 Å². The van der Waals surface area contributed by atoms with E-state index in [1.165, 1.54) is 22.3 Å². The summed E-state index contributed by atoms with van der Waals surface area (Å²) in [4.78, 5) is 4.55. The van der Waals surface area contributed by atoms with E-state index in [-0.39, 0.29) is 0 Å². The van der Waals surface area contributed by atoms with E-state index in [1.807, 2.05) is 12.1 Å². The van der Waals surface area contributed by atoms with Gasteiger partial charge in [-0.3, -0.25) is 0 Å². The molecule has 186 valence electrons. The minimum absolute atomic E-state index is 0.878. The molecule has 6 aromatic rings. The van der Waals surface area contributed by atoms with Crippen molar-refractivity contribution in [3.8, 4) is 33.8 Å². The number of hydrogen-bond acceptors (Lipinski definition) is 3. The Hall–Kier alpha value is -4.73. The van der Waals surface area contributed by atoms with Gasteiger partial charge >= 0.3 is 0 Å². The number of anilines is 3. The first kappa shape index (κ1) is 23.4. The number of hydrogen-bond donors (Lipinski definition) is 0. The van der Waals surface area contributed by atoms with Gasteiger partial charge in [-0.15, -0.1) is 0 Å². The van der Waals surface area contributed by atoms with E-state index >= 15 is 0 Å². The lowest BCUT2D eigenvalue weighted by Crippen LogP contribution is -2.12. The zero-order valence-electron chi connectivity index (χ0n) is 21.2. The maximum absolute atomic E-state index is 6.35. The number of nitrogens with zero attached hydrogens (tertiary/aromatic N) is 1. The third-order valence-electron chi connectivity index (χ3n) is 6.95. The normalized spacial score (nSPS) is 11.7. The molecule has 0 saturated carbocycles. The van der Waals surface area contributed by atoms with E-state index in [0.717, 1.165) is 38.4 Å². The van der Waals surface area contributed by atoms with E-state index in [4.69, 9.17) is 4.74 Å². The summed E-state index contributed by atoms with van der Waals surface area (Å²) in [6, 6.07) is 53.1. The number of ether oxygens (including phenoxy) is 1. The summed E-state index contributed by atoms with van der Waals surface area (Å²) in [6.45, 7) is 0. The second kappa shape index (κ2) is 10.2. The van der Waals surface area contributed by atoms with Crippen LogP contribution in [-0.4, -0.2) is 0 Å². The Labute approximate surface area is 233 Å². The van der Waals surface area contributed by atoms with Gasteiger partial charge in [0.15, 0.2) is 0 Å². The summed E-state index contributed by atoms with van der Waals surface area (Å²) in [5.41, 5.74) is 8.08. The molecule has 0 aliphatic carbocycles. The second-order valence-corrected chi connectivity index (χ2v) is 10.5. The van der Waals surface area contributed by atoms with Crippen LogP contribution in [0.15, 0.2) is 161 Å². The highest BCUT2D eigenvalue weighted by atomic mass is 32.2. The topological polar surface area (TPSA) is 12.5 Å². The smallest absolute Gasteiger partial charge is 0.143 e. The third-order valence-corrected chi connectivity index (χ3v) is 8.12. The van der Waals surface area contributed by atoms with Crippen molar-refractivity contribution < 1.29 is 4.74 Å². The van der Waals surface area contributed by atoms with Gasteiger partial charge in [-0.1, -0.05) is 115 Å². The lowest BCUT2D eigenvalue weighted by molar-refractivity contribution is 0.455. The first-order chi connectivity index (χ1) is 19.3. The van der Waals surface area contributed by atoms with Crippen LogP contribution in [0.2, 0.25) is 0 Å². The molecule has 0 radical (unpaired) electrons. The summed E-state index contributed by atoms with van der Waals surface area (Å²) in [7, 11) is 0. The lowest BCUT2D eigenvalue weighted by Gasteiger charge is -2.30. The Kier molecular flexibility index (Phi) is 6.12. The van der Waals surface area contributed by atoms with Crippen LogP contribution in [0.3, 0.4) is 0 Å². The largest absolute Gasteiger partial charge is 0.455 e. The molecule has 1 aliphatic heterocycles. The van der Waals surface area contributed by atoms with Crippen molar-refractivity contribution in [2.24, 2.45) is 0 Å². The molecule has 39 heavy (non-hydrogen) atoms. The molecule has 0 unspecified atom stereocenters. The van der Waals surface area contributed by atoms with Crippen LogP contribution in [0.25, 0.3) is 22.3 Å². The van der Waals surface area contributed by atoms with Crippen molar-refractivity contribution in [2.75, 3.05) is 4.90 Å². The van der Waals surface area contributed by atoms with Crippen molar-refractivity contribution in [3.05, 3.63) is 152 Å². The Bertz CT molecular complexity index is 1650. The molecule has 0 saturated heterocycles. The predicted molar refractivity (Wildman–Crippen MR) is 163 cm³/mol. The second-order valence-electron chi connectivity index (χ2n) is 9.42. The van der Waals surface area contributed by atoms with Crippen LogP contribution in [-0.2, 0) is 0 Å². The average molecular weight is 520 g/mol. The highest BCUT2D eigenvalue weighted by molar-refractivity contribution is 7.99. The number of fused-ring (bicyclic) bond motifs is 2. The Balaban J connectivity index is 1.34. The first-order valence-corrected chi connectivity index (χ1v) is 13.8. The minimum atomic E-state index is 0.878. The monoisotopic (exact) mass is 519 g/mol. The molecule has 2 nitrogen and oxygen atoms in total. The minimum Gasteiger partial charge on any atom is -0.455 e. The molecule has 0 amide bonds. The lowest BCUT2D eigenvalue weighted by atomic mass is 10.0. The molecular formula is C36H25NOS. The fourth-order valence-corrected chi connectivity index (χ4v) is 6.06. The molecule has 0 aromatic heterocycles. The summed E-state index contributed by atoms with van der Waals surface area (Å²) in [5.74, 6) is 1.78. The van der Waals surface area contributed by atoms with E-state index in [0.29, 0.717) is 0 Å². The summed E-state index contributed by atoms with van der Waals surface area (Å²) in [5, 5.41) is 0. The highest BCUT2D eigenvalue weighted by Gasteiger charge is 2.24. The van der Waals surface area contributed by atoms with E-state index in [1.54, 1.807) is 11.8 Å². The Morgan fingerprint density at radius 1 is 0.410 bits per heavy atom. The maximum atomic E-state index is 6.35. The molecule has 1 heterocycles. The van der Waals surface area contributed by atoms with Crippen molar-refractivity contribution in [3.63, 3.8) is 0 Å².